The van der Waals surface area contributed by atoms with Crippen molar-refractivity contribution in [1.29, 1.82) is 0 Å². The molecule has 1 aromatic carbocycles. The normalized spacial score (nSPS) is 17.7. The first kappa shape index (κ1) is 10.7. The summed E-state index contributed by atoms with van der Waals surface area (Å²) in [7, 11) is 1.76. The van der Waals surface area contributed by atoms with Crippen molar-refractivity contribution in [2.24, 2.45) is 0 Å². The number of ether oxygens (including phenoxy) is 1. The Morgan fingerprint density at radius 3 is 2.80 bits per heavy atom. The van der Waals surface area contributed by atoms with Gasteiger partial charge in [0.25, 0.3) is 0 Å². The Labute approximate surface area is 90.9 Å². The molecule has 1 N–H and O–H groups in total. The second kappa shape index (κ2) is 4.33. The second-order valence-corrected chi connectivity index (χ2v) is 4.39. The maximum Gasteiger partial charge on any atom is 0.0559 e. The smallest absolute Gasteiger partial charge is 0.0559 e. The van der Waals surface area contributed by atoms with Crippen LogP contribution in [0.25, 0.3) is 0 Å². The lowest BCUT2D eigenvalue weighted by Crippen LogP contribution is -2.14. The topological polar surface area (TPSA) is 29.5 Å². The first-order valence-corrected chi connectivity index (χ1v) is 5.50. The van der Waals surface area contributed by atoms with Crippen LogP contribution in [0.4, 0.5) is 0 Å². The van der Waals surface area contributed by atoms with Crippen molar-refractivity contribution in [2.75, 3.05) is 20.3 Å². The quantitative estimate of drug-likeness (QED) is 0.797. The van der Waals surface area contributed by atoms with E-state index in [0.717, 1.165) is 13.0 Å². The fourth-order valence-corrected chi connectivity index (χ4v) is 2.13. The van der Waals surface area contributed by atoms with E-state index in [9.17, 15) is 0 Å². The molecule has 2 nitrogen and oxygen atoms in total. The molecule has 2 rings (SSSR count). The van der Waals surface area contributed by atoms with Crippen molar-refractivity contribution in [3.63, 3.8) is 0 Å². The van der Waals surface area contributed by atoms with Crippen LogP contribution in [-0.2, 0) is 16.6 Å². The van der Waals surface area contributed by atoms with Crippen molar-refractivity contribution in [2.45, 2.75) is 24.7 Å². The Morgan fingerprint density at radius 1 is 1.40 bits per heavy atom. The molecule has 2 heteroatoms. The Bertz CT molecular complexity index is 329. The number of hydrogen-bond acceptors (Lipinski definition) is 2. The minimum Gasteiger partial charge on any atom is -0.396 e. The van der Waals surface area contributed by atoms with Crippen LogP contribution < -0.4 is 0 Å². The number of hydrogen-bond donors (Lipinski definition) is 1. The van der Waals surface area contributed by atoms with Gasteiger partial charge in [-0.05, 0) is 30.4 Å². The maximum absolute atomic E-state index is 8.91. The molecule has 1 aromatic rings. The van der Waals surface area contributed by atoms with E-state index in [0.29, 0.717) is 0 Å². The minimum atomic E-state index is 0.223. The summed E-state index contributed by atoms with van der Waals surface area (Å²) in [6.07, 6.45) is 3.20. The van der Waals surface area contributed by atoms with Crippen LogP contribution in [0, 0.1) is 0 Å². The summed E-state index contributed by atoms with van der Waals surface area (Å²) in [5.74, 6) is 0. The summed E-state index contributed by atoms with van der Waals surface area (Å²) in [6.45, 7) is 1.04. The number of aliphatic hydroxyl groups is 1. The van der Waals surface area contributed by atoms with Gasteiger partial charge in [-0.2, -0.15) is 0 Å². The Hall–Kier alpha value is -0.860. The molecule has 15 heavy (non-hydrogen) atoms. The molecule has 0 amide bonds. The molecule has 1 aliphatic rings. The van der Waals surface area contributed by atoms with E-state index in [1.165, 1.54) is 24.0 Å². The van der Waals surface area contributed by atoms with E-state index in [-0.39, 0.29) is 12.0 Å². The second-order valence-electron chi connectivity index (χ2n) is 4.39. The highest BCUT2D eigenvalue weighted by molar-refractivity contribution is 5.34. The van der Waals surface area contributed by atoms with Gasteiger partial charge in [0.15, 0.2) is 0 Å². The number of aliphatic hydroxyl groups excluding tert-OH is 1. The zero-order valence-corrected chi connectivity index (χ0v) is 9.20. The Balaban J connectivity index is 2.17. The fourth-order valence-electron chi connectivity index (χ4n) is 2.13. The van der Waals surface area contributed by atoms with Gasteiger partial charge in [0.1, 0.15) is 0 Å². The van der Waals surface area contributed by atoms with Gasteiger partial charge in [-0.25, -0.2) is 0 Å². The molecule has 0 radical (unpaired) electrons. The molecule has 0 aromatic heterocycles. The first-order valence-electron chi connectivity index (χ1n) is 5.50. The van der Waals surface area contributed by atoms with Crippen LogP contribution in [0.5, 0.6) is 0 Å². The van der Waals surface area contributed by atoms with Crippen LogP contribution in [0.15, 0.2) is 24.3 Å². The van der Waals surface area contributed by atoms with Crippen molar-refractivity contribution >= 4 is 0 Å². The molecule has 1 saturated carbocycles. The highest BCUT2D eigenvalue weighted by Gasteiger charge is 2.44. The van der Waals surface area contributed by atoms with Crippen LogP contribution >= 0.6 is 0 Å². The average Bonchev–Trinajstić information content (AvgIpc) is 3.01. The molecule has 1 aliphatic carbocycles. The standard InChI is InChI=1S/C13H18O2/c1-15-10-13(6-7-13)12-4-2-3-11(9-12)5-8-14/h2-4,9,14H,5-8,10H2,1H3. The van der Waals surface area contributed by atoms with Crippen molar-refractivity contribution < 1.29 is 9.84 Å². The molecule has 0 heterocycles. The number of methoxy groups -OCH3 is 1. The monoisotopic (exact) mass is 206 g/mol. The summed E-state index contributed by atoms with van der Waals surface area (Å²) in [5, 5.41) is 8.91. The number of benzene rings is 1. The third-order valence-electron chi connectivity index (χ3n) is 3.21. The molecular weight excluding hydrogens is 188 g/mol. The van der Waals surface area contributed by atoms with Crippen LogP contribution in [-0.4, -0.2) is 25.4 Å². The van der Waals surface area contributed by atoms with E-state index < -0.39 is 0 Å². The molecule has 82 valence electrons. The highest BCUT2D eigenvalue weighted by atomic mass is 16.5. The van der Waals surface area contributed by atoms with E-state index >= 15 is 0 Å². The molecule has 0 spiro atoms. The molecular formula is C13H18O2. The van der Waals surface area contributed by atoms with Gasteiger partial charge in [0.2, 0.25) is 0 Å². The largest absolute Gasteiger partial charge is 0.396 e. The van der Waals surface area contributed by atoms with Gasteiger partial charge in [-0.1, -0.05) is 24.3 Å². The maximum atomic E-state index is 8.91. The van der Waals surface area contributed by atoms with Crippen molar-refractivity contribution in [3.8, 4) is 0 Å². The van der Waals surface area contributed by atoms with Gasteiger partial charge < -0.3 is 9.84 Å². The summed E-state index contributed by atoms with van der Waals surface area (Å²) >= 11 is 0. The summed E-state index contributed by atoms with van der Waals surface area (Å²) in [6, 6.07) is 8.54. The fraction of sp³-hybridized carbons (Fsp3) is 0.538. The van der Waals surface area contributed by atoms with Gasteiger partial charge >= 0.3 is 0 Å². The summed E-state index contributed by atoms with van der Waals surface area (Å²) in [4.78, 5) is 0. The lowest BCUT2D eigenvalue weighted by Gasteiger charge is -2.15. The molecule has 0 unspecified atom stereocenters. The highest BCUT2D eigenvalue weighted by Crippen LogP contribution is 2.48. The average molecular weight is 206 g/mol. The SMILES string of the molecule is COCC1(c2cccc(CCO)c2)CC1. The van der Waals surface area contributed by atoms with Gasteiger partial charge in [-0.15, -0.1) is 0 Å². The van der Waals surface area contributed by atoms with E-state index in [1.807, 2.05) is 0 Å². The lowest BCUT2D eigenvalue weighted by atomic mass is 9.94. The predicted octanol–water partition coefficient (Wildman–Crippen LogP) is 1.90. The molecule has 0 atom stereocenters. The third-order valence-corrected chi connectivity index (χ3v) is 3.21. The van der Waals surface area contributed by atoms with Gasteiger partial charge in [0.05, 0.1) is 6.61 Å². The van der Waals surface area contributed by atoms with Gasteiger partial charge in [0, 0.05) is 19.1 Å². The Kier molecular flexibility index (Phi) is 3.08. The zero-order chi connectivity index (χ0) is 10.7. The minimum absolute atomic E-state index is 0.223. The Morgan fingerprint density at radius 2 is 2.20 bits per heavy atom. The predicted molar refractivity (Wildman–Crippen MR) is 60.0 cm³/mol. The summed E-state index contributed by atoms with van der Waals surface area (Å²) in [5.41, 5.74) is 2.87. The third kappa shape index (κ3) is 2.21. The molecule has 0 aliphatic heterocycles. The van der Waals surface area contributed by atoms with Crippen molar-refractivity contribution in [1.82, 2.24) is 0 Å². The van der Waals surface area contributed by atoms with Crippen LogP contribution in [0.3, 0.4) is 0 Å². The molecule has 0 saturated heterocycles. The van der Waals surface area contributed by atoms with Crippen LogP contribution in [0.2, 0.25) is 0 Å². The van der Waals surface area contributed by atoms with Crippen molar-refractivity contribution in [3.05, 3.63) is 35.4 Å². The van der Waals surface area contributed by atoms with E-state index in [2.05, 4.69) is 24.3 Å². The summed E-state index contributed by atoms with van der Waals surface area (Å²) < 4.78 is 5.27. The van der Waals surface area contributed by atoms with E-state index in [1.54, 1.807) is 7.11 Å². The lowest BCUT2D eigenvalue weighted by molar-refractivity contribution is 0.171. The molecule has 1 fully saturated rings. The molecule has 0 bridgehead atoms. The number of rotatable bonds is 5. The van der Waals surface area contributed by atoms with Gasteiger partial charge in [-0.3, -0.25) is 0 Å². The zero-order valence-electron chi connectivity index (χ0n) is 9.20. The van der Waals surface area contributed by atoms with Crippen LogP contribution in [0.1, 0.15) is 24.0 Å². The van der Waals surface area contributed by atoms with E-state index in [4.69, 9.17) is 9.84 Å². The first-order chi connectivity index (χ1) is 7.30.